The number of nitrogens with one attached hydrogen (secondary N) is 1. The Morgan fingerprint density at radius 3 is 2.94 bits per heavy atom. The smallest absolute Gasteiger partial charge is 0.242 e. The van der Waals surface area contributed by atoms with Crippen molar-refractivity contribution in [3.63, 3.8) is 0 Å². The molecule has 5 nitrogen and oxygen atoms in total. The first kappa shape index (κ1) is 13.9. The molecule has 0 aromatic carbocycles. The van der Waals surface area contributed by atoms with Crippen LogP contribution in [0.15, 0.2) is 6.33 Å². The number of nitrogens with zero attached hydrogens (tertiary/aromatic N) is 2. The molecule has 1 unspecified atom stereocenters. The van der Waals surface area contributed by atoms with E-state index in [2.05, 4.69) is 29.1 Å². The number of nitrogen functional groups attached to an aromatic ring is 1. The number of hydrogen-bond donors (Lipinski definition) is 2. The molecule has 1 heterocycles. The number of hydrogen-bond acceptors (Lipinski definition) is 6. The Morgan fingerprint density at radius 1 is 1.53 bits per heavy atom. The average Bonchev–Trinajstić information content (AvgIpc) is 2.32. The lowest BCUT2D eigenvalue weighted by atomic mass is 10.2. The number of methoxy groups -OCH3 is 1. The van der Waals surface area contributed by atoms with Crippen LogP contribution in [0.25, 0.3) is 0 Å². The van der Waals surface area contributed by atoms with Crippen LogP contribution in [0.2, 0.25) is 0 Å². The minimum absolute atomic E-state index is 0.330. The van der Waals surface area contributed by atoms with Crippen LogP contribution in [0, 0.1) is 0 Å². The summed E-state index contributed by atoms with van der Waals surface area (Å²) in [6.07, 6.45) is 2.52. The Labute approximate surface area is 107 Å². The molecule has 0 bridgehead atoms. The molecule has 0 spiro atoms. The maximum Gasteiger partial charge on any atom is 0.242 e. The molecule has 3 N–H and O–H groups in total. The summed E-state index contributed by atoms with van der Waals surface area (Å²) < 4.78 is 5.05. The highest BCUT2D eigenvalue weighted by Gasteiger charge is 2.10. The van der Waals surface area contributed by atoms with E-state index >= 15 is 0 Å². The maximum absolute atomic E-state index is 5.88. The van der Waals surface area contributed by atoms with Crippen molar-refractivity contribution in [2.45, 2.75) is 26.3 Å². The second-order valence-electron chi connectivity index (χ2n) is 3.68. The third-order valence-electron chi connectivity index (χ3n) is 2.32. The van der Waals surface area contributed by atoms with E-state index in [4.69, 9.17) is 10.5 Å². The summed E-state index contributed by atoms with van der Waals surface area (Å²) in [6, 6.07) is 0.330. The normalized spacial score (nSPS) is 12.2. The first-order valence-corrected chi connectivity index (χ1v) is 6.83. The zero-order valence-corrected chi connectivity index (χ0v) is 11.4. The van der Waals surface area contributed by atoms with Gasteiger partial charge in [-0.25, -0.2) is 4.98 Å². The molecule has 1 aromatic rings. The number of rotatable bonds is 7. The molecule has 0 fully saturated rings. The van der Waals surface area contributed by atoms with Gasteiger partial charge in [0.05, 0.1) is 7.11 Å². The van der Waals surface area contributed by atoms with Crippen molar-refractivity contribution in [3.8, 4) is 5.88 Å². The van der Waals surface area contributed by atoms with Crippen LogP contribution in [-0.2, 0) is 0 Å². The van der Waals surface area contributed by atoms with Crippen LogP contribution in [0.3, 0.4) is 0 Å². The number of thioether (sulfide) groups is 1. The van der Waals surface area contributed by atoms with Gasteiger partial charge in [0, 0.05) is 6.04 Å². The van der Waals surface area contributed by atoms with Crippen LogP contribution in [0.1, 0.15) is 20.3 Å². The van der Waals surface area contributed by atoms with E-state index in [1.54, 1.807) is 7.11 Å². The Hall–Kier alpha value is -1.17. The minimum Gasteiger partial charge on any atom is -0.479 e. The van der Waals surface area contributed by atoms with Crippen molar-refractivity contribution in [3.05, 3.63) is 6.33 Å². The fraction of sp³-hybridized carbons (Fsp3) is 0.636. The summed E-state index contributed by atoms with van der Waals surface area (Å²) in [5.41, 5.74) is 6.34. The van der Waals surface area contributed by atoms with E-state index in [1.165, 1.54) is 6.33 Å². The molecule has 1 atom stereocenters. The van der Waals surface area contributed by atoms with Crippen LogP contribution in [-0.4, -0.2) is 34.6 Å². The Balaban J connectivity index is 2.55. The summed E-state index contributed by atoms with van der Waals surface area (Å²) in [5, 5.41) is 3.27. The van der Waals surface area contributed by atoms with Gasteiger partial charge >= 0.3 is 0 Å². The number of nitrogens with two attached hydrogens (primary N) is 1. The third kappa shape index (κ3) is 4.30. The number of aromatic nitrogens is 2. The van der Waals surface area contributed by atoms with Crippen molar-refractivity contribution in [1.29, 1.82) is 0 Å². The quantitative estimate of drug-likeness (QED) is 0.727. The molecule has 96 valence electrons. The van der Waals surface area contributed by atoms with Gasteiger partial charge in [0.1, 0.15) is 12.0 Å². The van der Waals surface area contributed by atoms with Crippen LogP contribution >= 0.6 is 11.8 Å². The molecule has 0 radical (unpaired) electrons. The number of anilines is 2. The van der Waals surface area contributed by atoms with E-state index in [0.29, 0.717) is 23.4 Å². The van der Waals surface area contributed by atoms with E-state index < -0.39 is 0 Å². The fourth-order valence-electron chi connectivity index (χ4n) is 1.37. The molecule has 1 aromatic heterocycles. The van der Waals surface area contributed by atoms with Crippen molar-refractivity contribution in [2.24, 2.45) is 0 Å². The standard InChI is InChI=1S/C11H20N4OS/c1-4-17-6-5-8(2)15-10-9(12)11(16-3)14-7-13-10/h7-8H,4-6,12H2,1-3H3,(H,13,14,15). The molecular weight excluding hydrogens is 236 g/mol. The summed E-state index contributed by atoms with van der Waals surface area (Å²) in [6.45, 7) is 4.28. The minimum atomic E-state index is 0.330. The van der Waals surface area contributed by atoms with Crippen molar-refractivity contribution in [2.75, 3.05) is 29.7 Å². The van der Waals surface area contributed by atoms with E-state index in [9.17, 15) is 0 Å². The van der Waals surface area contributed by atoms with Gasteiger partial charge in [0.25, 0.3) is 0 Å². The lowest BCUT2D eigenvalue weighted by Crippen LogP contribution is -2.18. The van der Waals surface area contributed by atoms with E-state index in [1.807, 2.05) is 11.8 Å². The lowest BCUT2D eigenvalue weighted by Gasteiger charge is -2.16. The largest absolute Gasteiger partial charge is 0.479 e. The molecule has 0 saturated carbocycles. The Kier molecular flexibility index (Phi) is 5.90. The average molecular weight is 256 g/mol. The van der Waals surface area contributed by atoms with Gasteiger partial charge in [-0.3, -0.25) is 0 Å². The maximum atomic E-state index is 5.88. The summed E-state index contributed by atoms with van der Waals surface area (Å²) in [5.74, 6) is 3.34. The van der Waals surface area contributed by atoms with Crippen LogP contribution in [0.5, 0.6) is 5.88 Å². The predicted molar refractivity (Wildman–Crippen MR) is 73.7 cm³/mol. The second kappa shape index (κ2) is 7.21. The molecule has 1 rings (SSSR count). The predicted octanol–water partition coefficient (Wildman–Crippen LogP) is 2.01. The Bertz CT molecular complexity index is 348. The SMILES string of the molecule is CCSCCC(C)Nc1ncnc(OC)c1N. The fourth-order valence-corrected chi connectivity index (χ4v) is 2.18. The van der Waals surface area contributed by atoms with Gasteiger partial charge < -0.3 is 15.8 Å². The highest BCUT2D eigenvalue weighted by Crippen LogP contribution is 2.24. The molecule has 0 aliphatic heterocycles. The van der Waals surface area contributed by atoms with Crippen molar-refractivity contribution < 1.29 is 4.74 Å². The van der Waals surface area contributed by atoms with E-state index in [-0.39, 0.29) is 0 Å². The topological polar surface area (TPSA) is 73.1 Å². The van der Waals surface area contributed by atoms with E-state index in [0.717, 1.165) is 17.9 Å². The zero-order chi connectivity index (χ0) is 12.7. The first-order chi connectivity index (χ1) is 8.19. The molecule has 0 saturated heterocycles. The van der Waals surface area contributed by atoms with Crippen molar-refractivity contribution in [1.82, 2.24) is 9.97 Å². The molecule has 0 aliphatic carbocycles. The molecule has 17 heavy (non-hydrogen) atoms. The molecule has 0 aliphatic rings. The summed E-state index contributed by atoms with van der Waals surface area (Å²) >= 11 is 1.93. The van der Waals surface area contributed by atoms with Gasteiger partial charge in [0.15, 0.2) is 5.82 Å². The second-order valence-corrected chi connectivity index (χ2v) is 5.07. The number of ether oxygens (including phenoxy) is 1. The van der Waals surface area contributed by atoms with Gasteiger partial charge in [-0.1, -0.05) is 6.92 Å². The highest BCUT2D eigenvalue weighted by molar-refractivity contribution is 7.99. The van der Waals surface area contributed by atoms with Crippen molar-refractivity contribution >= 4 is 23.3 Å². The zero-order valence-electron chi connectivity index (χ0n) is 10.6. The summed E-state index contributed by atoms with van der Waals surface area (Å²) in [4.78, 5) is 8.06. The van der Waals surface area contributed by atoms with Crippen LogP contribution < -0.4 is 15.8 Å². The van der Waals surface area contributed by atoms with Crippen LogP contribution in [0.4, 0.5) is 11.5 Å². The monoisotopic (exact) mass is 256 g/mol. The van der Waals surface area contributed by atoms with Gasteiger partial charge in [0.2, 0.25) is 5.88 Å². The lowest BCUT2D eigenvalue weighted by molar-refractivity contribution is 0.399. The first-order valence-electron chi connectivity index (χ1n) is 5.67. The molecule has 6 heteroatoms. The van der Waals surface area contributed by atoms with Gasteiger partial charge in [-0.15, -0.1) is 0 Å². The molecular formula is C11H20N4OS. The molecule has 0 amide bonds. The van der Waals surface area contributed by atoms with Gasteiger partial charge in [-0.2, -0.15) is 16.7 Å². The Morgan fingerprint density at radius 2 is 2.29 bits per heavy atom. The third-order valence-corrected chi connectivity index (χ3v) is 3.26. The van der Waals surface area contributed by atoms with Gasteiger partial charge in [-0.05, 0) is 24.9 Å². The summed E-state index contributed by atoms with van der Waals surface area (Å²) in [7, 11) is 1.55. The highest BCUT2D eigenvalue weighted by atomic mass is 32.2.